The number of hydrogen-bond acceptors (Lipinski definition) is 10. The summed E-state index contributed by atoms with van der Waals surface area (Å²) in [7, 11) is 0. The number of hydrogen-bond donors (Lipinski definition) is 4. The van der Waals surface area contributed by atoms with Crippen LogP contribution in [0, 0.1) is 17.8 Å². The molecule has 1 saturated carbocycles. The minimum Gasteiger partial charge on any atom is -0.394 e. The van der Waals surface area contributed by atoms with E-state index >= 15 is 0 Å². The number of imidazole rings is 2. The Bertz CT molecular complexity index is 1220. The Kier molecular flexibility index (Phi) is 4.87. The van der Waals surface area contributed by atoms with Gasteiger partial charge in [-0.05, 0) is 30.6 Å². The van der Waals surface area contributed by atoms with Gasteiger partial charge in [0.2, 0.25) is 0 Å². The van der Waals surface area contributed by atoms with Gasteiger partial charge in [-0.1, -0.05) is 0 Å². The summed E-state index contributed by atoms with van der Waals surface area (Å²) in [6, 6.07) is 0. The van der Waals surface area contributed by atoms with Crippen LogP contribution in [0.25, 0.3) is 22.3 Å². The van der Waals surface area contributed by atoms with Gasteiger partial charge in [-0.25, -0.2) is 29.9 Å². The Morgan fingerprint density at radius 3 is 2.03 bits per heavy atom. The third kappa shape index (κ3) is 3.33. The average Bonchev–Trinajstić information content (AvgIpc) is 3.48. The minimum atomic E-state index is -0.790. The van der Waals surface area contributed by atoms with Gasteiger partial charge in [-0.3, -0.25) is 0 Å². The number of rotatable bonds is 6. The van der Waals surface area contributed by atoms with Crippen LogP contribution in [0.15, 0.2) is 25.3 Å². The van der Waals surface area contributed by atoms with Crippen molar-refractivity contribution in [1.29, 1.82) is 0 Å². The maximum atomic E-state index is 10.5. The summed E-state index contributed by atoms with van der Waals surface area (Å²) in [5, 5.41) is 20.1. The van der Waals surface area contributed by atoms with Crippen molar-refractivity contribution in [3.63, 3.8) is 0 Å². The second kappa shape index (κ2) is 7.71. The van der Waals surface area contributed by atoms with Crippen molar-refractivity contribution in [1.82, 2.24) is 39.0 Å². The van der Waals surface area contributed by atoms with Crippen molar-refractivity contribution in [3.05, 3.63) is 25.3 Å². The molecule has 0 aliphatic heterocycles. The second-order valence-corrected chi connectivity index (χ2v) is 8.07. The fraction of sp³-hybridized carbons (Fsp3) is 0.474. The summed E-state index contributed by atoms with van der Waals surface area (Å²) in [5.41, 5.74) is 14.3. The van der Waals surface area contributed by atoms with Crippen molar-refractivity contribution >= 4 is 34.0 Å². The van der Waals surface area contributed by atoms with E-state index in [9.17, 15) is 10.2 Å². The number of nitrogens with zero attached hydrogens (tertiary/aromatic N) is 8. The molecule has 4 atom stereocenters. The van der Waals surface area contributed by atoms with E-state index in [1.54, 1.807) is 12.7 Å². The summed E-state index contributed by atoms with van der Waals surface area (Å²) in [6.45, 7) is 0.977. The highest BCUT2D eigenvalue weighted by atomic mass is 16.3. The smallest absolute Gasteiger partial charge is 0.165 e. The maximum absolute atomic E-state index is 10.5. The first-order valence-corrected chi connectivity index (χ1v) is 10.2. The Morgan fingerprint density at radius 1 is 0.871 bits per heavy atom. The summed E-state index contributed by atoms with van der Waals surface area (Å²) in [6.07, 6.45) is 7.20. The van der Waals surface area contributed by atoms with Crippen LogP contribution in [0.4, 0.5) is 11.6 Å². The van der Waals surface area contributed by atoms with Crippen molar-refractivity contribution in [2.24, 2.45) is 17.8 Å². The van der Waals surface area contributed by atoms with Crippen LogP contribution in [0.1, 0.15) is 12.8 Å². The Morgan fingerprint density at radius 2 is 1.45 bits per heavy atom. The Labute approximate surface area is 177 Å². The van der Waals surface area contributed by atoms with Gasteiger partial charge in [0.05, 0.1) is 25.4 Å². The highest BCUT2D eigenvalue weighted by Crippen LogP contribution is 2.41. The summed E-state index contributed by atoms with van der Waals surface area (Å²) < 4.78 is 3.92. The summed E-state index contributed by atoms with van der Waals surface area (Å²) >= 11 is 0. The number of nitrogen functional groups attached to an aromatic ring is 2. The van der Waals surface area contributed by atoms with Crippen molar-refractivity contribution in [2.75, 3.05) is 18.1 Å². The normalized spacial score (nSPS) is 22.5. The van der Waals surface area contributed by atoms with Gasteiger partial charge < -0.3 is 30.8 Å². The molecule has 0 radical (unpaired) electrons. The molecule has 0 aromatic carbocycles. The van der Waals surface area contributed by atoms with E-state index in [0.29, 0.717) is 47.1 Å². The molecule has 31 heavy (non-hydrogen) atoms. The predicted octanol–water partition coefficient (Wildman–Crippen LogP) is -0.174. The van der Waals surface area contributed by atoms with E-state index in [1.807, 2.05) is 9.13 Å². The van der Waals surface area contributed by atoms with Crippen molar-refractivity contribution in [2.45, 2.75) is 32.0 Å². The molecule has 6 N–H and O–H groups in total. The molecule has 12 nitrogen and oxygen atoms in total. The monoisotopic (exact) mass is 424 g/mol. The van der Waals surface area contributed by atoms with Crippen LogP contribution >= 0.6 is 0 Å². The SMILES string of the molecule is Nc1ncnc2c1ncn2C[C@H]1CC[C@H]([C@H](O)CO)[C@@H]1Cn1cnc2c(N)ncnc21. The van der Waals surface area contributed by atoms with E-state index in [4.69, 9.17) is 11.5 Å². The summed E-state index contributed by atoms with van der Waals surface area (Å²) in [5.74, 6) is 0.924. The quantitative estimate of drug-likeness (QED) is 0.324. The first kappa shape index (κ1) is 19.6. The first-order chi connectivity index (χ1) is 15.1. The molecular formula is C19H24N10O2. The van der Waals surface area contributed by atoms with Crippen molar-refractivity contribution < 1.29 is 10.2 Å². The lowest BCUT2D eigenvalue weighted by molar-refractivity contribution is 0.0230. The zero-order valence-corrected chi connectivity index (χ0v) is 16.8. The number of nitrogens with two attached hydrogens (primary N) is 2. The third-order valence-corrected chi connectivity index (χ3v) is 6.41. The largest absolute Gasteiger partial charge is 0.394 e. The van der Waals surface area contributed by atoms with E-state index in [1.165, 1.54) is 12.7 Å². The van der Waals surface area contributed by atoms with Crippen LogP contribution in [-0.4, -0.2) is 62.0 Å². The topological polar surface area (TPSA) is 180 Å². The van der Waals surface area contributed by atoms with Gasteiger partial charge in [0.1, 0.15) is 23.7 Å². The third-order valence-electron chi connectivity index (χ3n) is 6.41. The average molecular weight is 424 g/mol. The highest BCUT2D eigenvalue weighted by Gasteiger charge is 2.40. The van der Waals surface area contributed by atoms with Crippen LogP contribution in [-0.2, 0) is 13.1 Å². The Balaban J connectivity index is 1.47. The molecule has 0 saturated heterocycles. The number of aromatic nitrogens is 8. The molecule has 5 rings (SSSR count). The van der Waals surface area contributed by atoms with Gasteiger partial charge in [0, 0.05) is 13.1 Å². The van der Waals surface area contributed by atoms with E-state index in [-0.39, 0.29) is 24.4 Å². The first-order valence-electron chi connectivity index (χ1n) is 10.2. The molecular weight excluding hydrogens is 400 g/mol. The molecule has 1 fully saturated rings. The van der Waals surface area contributed by atoms with Gasteiger partial charge in [0.15, 0.2) is 22.9 Å². The van der Waals surface area contributed by atoms with Crippen LogP contribution < -0.4 is 11.5 Å². The number of fused-ring (bicyclic) bond motifs is 2. The maximum Gasteiger partial charge on any atom is 0.165 e. The fourth-order valence-corrected chi connectivity index (χ4v) is 4.85. The van der Waals surface area contributed by atoms with Gasteiger partial charge in [0.25, 0.3) is 0 Å². The van der Waals surface area contributed by atoms with Crippen LogP contribution in [0.3, 0.4) is 0 Å². The minimum absolute atomic E-state index is 0.0545. The lowest BCUT2D eigenvalue weighted by Crippen LogP contribution is -2.33. The molecule has 12 heteroatoms. The zero-order valence-electron chi connectivity index (χ0n) is 16.8. The zero-order chi connectivity index (χ0) is 21.5. The molecule has 4 aromatic heterocycles. The van der Waals surface area contributed by atoms with Gasteiger partial charge >= 0.3 is 0 Å². The van der Waals surface area contributed by atoms with E-state index in [2.05, 4.69) is 29.9 Å². The molecule has 4 heterocycles. The van der Waals surface area contributed by atoms with Gasteiger partial charge in [-0.2, -0.15) is 0 Å². The molecule has 0 spiro atoms. The molecule has 0 bridgehead atoms. The molecule has 0 amide bonds. The number of aliphatic hydroxyl groups is 2. The van der Waals surface area contributed by atoms with Crippen molar-refractivity contribution in [3.8, 4) is 0 Å². The number of aliphatic hydroxyl groups excluding tert-OH is 2. The predicted molar refractivity (Wildman–Crippen MR) is 112 cm³/mol. The Hall–Kier alpha value is -3.38. The molecule has 162 valence electrons. The lowest BCUT2D eigenvalue weighted by Gasteiger charge is -2.28. The van der Waals surface area contributed by atoms with Gasteiger partial charge in [-0.15, -0.1) is 0 Å². The highest BCUT2D eigenvalue weighted by molar-refractivity contribution is 5.81. The molecule has 1 aliphatic rings. The van der Waals surface area contributed by atoms with E-state index < -0.39 is 6.10 Å². The lowest BCUT2D eigenvalue weighted by atomic mass is 9.85. The molecule has 1 aliphatic carbocycles. The van der Waals surface area contributed by atoms with Crippen LogP contribution in [0.2, 0.25) is 0 Å². The standard InChI is InChI=1S/C19H24N10O2/c20-16-14-18(24-6-22-16)28(8-26-14)3-10-1-2-11(13(31)5-30)12(10)4-29-9-27-15-17(21)23-7-25-19(15)29/h6-13,30-31H,1-5H2,(H2,20,22,24)(H2,21,23,25)/t10-,11+,12-,13-/m1/s1. The van der Waals surface area contributed by atoms with E-state index in [0.717, 1.165) is 12.8 Å². The number of anilines is 2. The molecule has 4 aromatic rings. The molecule has 0 unspecified atom stereocenters. The second-order valence-electron chi connectivity index (χ2n) is 8.07. The van der Waals surface area contributed by atoms with Crippen LogP contribution in [0.5, 0.6) is 0 Å². The summed E-state index contributed by atoms with van der Waals surface area (Å²) in [4.78, 5) is 25.4. The fourth-order valence-electron chi connectivity index (χ4n) is 4.85.